The van der Waals surface area contributed by atoms with Crippen LogP contribution in [0.2, 0.25) is 0 Å². The molecule has 0 spiro atoms. The molecule has 0 amide bonds. The highest BCUT2D eigenvalue weighted by molar-refractivity contribution is 7.15. The van der Waals surface area contributed by atoms with Crippen molar-refractivity contribution in [3.63, 3.8) is 0 Å². The van der Waals surface area contributed by atoms with Crippen LogP contribution >= 0.6 is 11.3 Å². The second-order valence-corrected chi connectivity index (χ2v) is 6.35. The van der Waals surface area contributed by atoms with Gasteiger partial charge in [0.2, 0.25) is 0 Å². The molecule has 1 saturated carbocycles. The average molecular weight is 276 g/mol. The van der Waals surface area contributed by atoms with E-state index in [0.29, 0.717) is 12.0 Å². The van der Waals surface area contributed by atoms with E-state index in [1.807, 2.05) is 12.1 Å². The highest BCUT2D eigenvalue weighted by Gasteiger charge is 2.30. The van der Waals surface area contributed by atoms with Gasteiger partial charge in [-0.3, -0.25) is 0 Å². The summed E-state index contributed by atoms with van der Waals surface area (Å²) in [4.78, 5) is 6.19. The van der Waals surface area contributed by atoms with Gasteiger partial charge in [0.15, 0.2) is 10.8 Å². The maximum absolute atomic E-state index is 5.46. The van der Waals surface area contributed by atoms with Gasteiger partial charge in [0.05, 0.1) is 12.0 Å². The van der Waals surface area contributed by atoms with Gasteiger partial charge in [0, 0.05) is 23.4 Å². The van der Waals surface area contributed by atoms with Gasteiger partial charge >= 0.3 is 0 Å². The fourth-order valence-electron chi connectivity index (χ4n) is 2.08. The topological polar surface area (TPSA) is 38.1 Å². The van der Waals surface area contributed by atoms with Gasteiger partial charge in [0.1, 0.15) is 0 Å². The van der Waals surface area contributed by atoms with Crippen molar-refractivity contribution < 1.29 is 4.42 Å². The summed E-state index contributed by atoms with van der Waals surface area (Å²) in [5.74, 6) is 1.58. The van der Waals surface area contributed by atoms with E-state index in [-0.39, 0.29) is 0 Å². The molecule has 0 aromatic carbocycles. The van der Waals surface area contributed by atoms with Gasteiger partial charge in [-0.2, -0.15) is 0 Å². The van der Waals surface area contributed by atoms with E-state index in [0.717, 1.165) is 23.7 Å². The summed E-state index contributed by atoms with van der Waals surface area (Å²) in [6.45, 7) is 5.37. The predicted octanol–water partition coefficient (Wildman–Crippen LogP) is 4.17. The van der Waals surface area contributed by atoms with Gasteiger partial charge in [-0.05, 0) is 38.3 Å². The molecule has 0 saturated heterocycles. The minimum atomic E-state index is 0.557. The molecule has 1 unspecified atom stereocenters. The Kier molecular flexibility index (Phi) is 3.71. The maximum Gasteiger partial charge on any atom is 0.162 e. The molecule has 19 heavy (non-hydrogen) atoms. The third-order valence-corrected chi connectivity index (χ3v) is 4.73. The molecule has 2 aromatic rings. The predicted molar refractivity (Wildman–Crippen MR) is 78.4 cm³/mol. The van der Waals surface area contributed by atoms with Crippen molar-refractivity contribution in [2.75, 3.05) is 0 Å². The molecule has 102 valence electrons. The molecular weight excluding hydrogens is 256 g/mol. The van der Waals surface area contributed by atoms with Crippen LogP contribution in [-0.2, 0) is 6.54 Å². The Morgan fingerprint density at radius 1 is 1.53 bits per heavy atom. The standard InChI is InChI=1S/C15H20N2OS/c1-3-10(2)16-9-13-14(11-6-7-11)17-15(19-13)12-5-4-8-18-12/h4-5,8,10-11,16H,3,6-7,9H2,1-2H3. The SMILES string of the molecule is CCC(C)NCc1sc(-c2ccco2)nc1C1CC1. The first-order chi connectivity index (χ1) is 9.28. The van der Waals surface area contributed by atoms with Crippen LogP contribution in [0.1, 0.15) is 49.6 Å². The van der Waals surface area contributed by atoms with Crippen molar-refractivity contribution in [2.45, 2.75) is 51.6 Å². The summed E-state index contributed by atoms with van der Waals surface area (Å²) in [6.07, 6.45) is 5.45. The minimum Gasteiger partial charge on any atom is -0.462 e. The van der Waals surface area contributed by atoms with Crippen molar-refractivity contribution in [1.82, 2.24) is 10.3 Å². The molecule has 1 atom stereocenters. The summed E-state index contributed by atoms with van der Waals surface area (Å²) in [5.41, 5.74) is 1.30. The Morgan fingerprint density at radius 2 is 2.37 bits per heavy atom. The largest absolute Gasteiger partial charge is 0.462 e. The number of nitrogens with zero attached hydrogens (tertiary/aromatic N) is 1. The lowest BCUT2D eigenvalue weighted by atomic mass is 10.2. The Morgan fingerprint density at radius 3 is 3.00 bits per heavy atom. The first kappa shape index (κ1) is 12.9. The minimum absolute atomic E-state index is 0.557. The maximum atomic E-state index is 5.46. The van der Waals surface area contributed by atoms with Gasteiger partial charge in [-0.25, -0.2) is 4.98 Å². The van der Waals surface area contributed by atoms with Crippen molar-refractivity contribution in [3.05, 3.63) is 29.0 Å². The number of rotatable bonds is 6. The molecule has 0 aliphatic heterocycles. The smallest absolute Gasteiger partial charge is 0.162 e. The Balaban J connectivity index is 1.81. The highest BCUT2D eigenvalue weighted by atomic mass is 32.1. The quantitative estimate of drug-likeness (QED) is 0.860. The fourth-order valence-corrected chi connectivity index (χ4v) is 3.15. The van der Waals surface area contributed by atoms with E-state index < -0.39 is 0 Å². The zero-order valence-electron chi connectivity index (χ0n) is 11.5. The Bertz CT molecular complexity index is 528. The lowest BCUT2D eigenvalue weighted by Crippen LogP contribution is -2.24. The van der Waals surface area contributed by atoms with Crippen LogP contribution in [-0.4, -0.2) is 11.0 Å². The van der Waals surface area contributed by atoms with Gasteiger partial charge in [-0.15, -0.1) is 11.3 Å². The van der Waals surface area contributed by atoms with Crippen LogP contribution in [0.15, 0.2) is 22.8 Å². The number of aromatic nitrogens is 1. The lowest BCUT2D eigenvalue weighted by molar-refractivity contribution is 0.535. The van der Waals surface area contributed by atoms with Gasteiger partial charge < -0.3 is 9.73 Å². The monoisotopic (exact) mass is 276 g/mol. The van der Waals surface area contributed by atoms with Crippen molar-refractivity contribution >= 4 is 11.3 Å². The number of thiazole rings is 1. The van der Waals surface area contributed by atoms with Crippen molar-refractivity contribution in [3.8, 4) is 10.8 Å². The molecule has 1 N–H and O–H groups in total. The Labute approximate surface area is 118 Å². The van der Waals surface area contributed by atoms with E-state index >= 15 is 0 Å². The molecule has 1 aliphatic rings. The van der Waals surface area contributed by atoms with Crippen LogP contribution in [0.4, 0.5) is 0 Å². The Hall–Kier alpha value is -1.13. The van der Waals surface area contributed by atoms with E-state index in [2.05, 4.69) is 19.2 Å². The molecule has 1 aliphatic carbocycles. The van der Waals surface area contributed by atoms with Gasteiger partial charge in [0.25, 0.3) is 0 Å². The van der Waals surface area contributed by atoms with Crippen LogP contribution in [0.3, 0.4) is 0 Å². The third-order valence-electron chi connectivity index (χ3n) is 3.65. The number of hydrogen-bond donors (Lipinski definition) is 1. The zero-order chi connectivity index (χ0) is 13.2. The molecule has 0 bridgehead atoms. The summed E-state index contributed by atoms with van der Waals surface area (Å²) in [7, 11) is 0. The third kappa shape index (κ3) is 2.90. The summed E-state index contributed by atoms with van der Waals surface area (Å²) >= 11 is 1.77. The van der Waals surface area contributed by atoms with Gasteiger partial charge in [-0.1, -0.05) is 6.92 Å². The summed E-state index contributed by atoms with van der Waals surface area (Å²) < 4.78 is 5.46. The summed E-state index contributed by atoms with van der Waals surface area (Å²) in [6, 6.07) is 4.47. The summed E-state index contributed by atoms with van der Waals surface area (Å²) in [5, 5.41) is 4.59. The number of furan rings is 1. The van der Waals surface area contributed by atoms with E-state index in [4.69, 9.17) is 9.40 Å². The molecule has 3 rings (SSSR count). The normalized spacial score (nSPS) is 16.7. The van der Waals surface area contributed by atoms with Crippen LogP contribution in [0, 0.1) is 0 Å². The second kappa shape index (κ2) is 5.47. The number of hydrogen-bond acceptors (Lipinski definition) is 4. The molecule has 2 heterocycles. The molecular formula is C15H20N2OS. The van der Waals surface area contributed by atoms with Crippen LogP contribution < -0.4 is 5.32 Å². The zero-order valence-corrected chi connectivity index (χ0v) is 12.3. The first-order valence-electron chi connectivity index (χ1n) is 7.04. The van der Waals surface area contributed by atoms with Crippen molar-refractivity contribution in [1.29, 1.82) is 0 Å². The molecule has 0 radical (unpaired) electrons. The number of nitrogens with one attached hydrogen (secondary N) is 1. The fraction of sp³-hybridized carbons (Fsp3) is 0.533. The molecule has 3 nitrogen and oxygen atoms in total. The van der Waals surface area contributed by atoms with Crippen molar-refractivity contribution in [2.24, 2.45) is 0 Å². The van der Waals surface area contributed by atoms with Crippen LogP contribution in [0.25, 0.3) is 10.8 Å². The lowest BCUT2D eigenvalue weighted by Gasteiger charge is -2.10. The van der Waals surface area contributed by atoms with E-state index in [1.165, 1.54) is 23.4 Å². The van der Waals surface area contributed by atoms with E-state index in [9.17, 15) is 0 Å². The molecule has 4 heteroatoms. The average Bonchev–Trinajstić information content (AvgIpc) is 2.96. The second-order valence-electron chi connectivity index (χ2n) is 5.27. The highest BCUT2D eigenvalue weighted by Crippen LogP contribution is 2.44. The molecule has 2 aromatic heterocycles. The van der Waals surface area contributed by atoms with E-state index in [1.54, 1.807) is 17.6 Å². The first-order valence-corrected chi connectivity index (χ1v) is 7.86. The molecule has 1 fully saturated rings. The van der Waals surface area contributed by atoms with Crippen LogP contribution in [0.5, 0.6) is 0 Å².